The molecule has 0 radical (unpaired) electrons. The van der Waals surface area contributed by atoms with Crippen LogP contribution in [0.1, 0.15) is 24.8 Å². The van der Waals surface area contributed by atoms with Crippen molar-refractivity contribution in [3.63, 3.8) is 0 Å². The second-order valence-electron chi connectivity index (χ2n) is 6.59. The minimum absolute atomic E-state index is 0.252. The minimum Gasteiger partial charge on any atom is -0.309 e. The highest BCUT2D eigenvalue weighted by Gasteiger charge is 2.41. The summed E-state index contributed by atoms with van der Waals surface area (Å²) in [7, 11) is 6.35. The molecule has 1 aromatic carbocycles. The van der Waals surface area contributed by atoms with Crippen LogP contribution in [0.25, 0.3) is 0 Å². The molecule has 0 aliphatic heterocycles. The van der Waals surface area contributed by atoms with E-state index in [2.05, 4.69) is 37.0 Å². The van der Waals surface area contributed by atoms with E-state index in [0.717, 1.165) is 12.1 Å². The summed E-state index contributed by atoms with van der Waals surface area (Å²) in [6, 6.07) is 12.0. The first-order valence-electron chi connectivity index (χ1n) is 7.53. The van der Waals surface area contributed by atoms with E-state index >= 15 is 0 Å². The maximum Gasteiger partial charge on any atom is 0.142 e. The summed E-state index contributed by atoms with van der Waals surface area (Å²) in [5.74, 6) is 0. The molecule has 4 heteroatoms. The predicted molar refractivity (Wildman–Crippen MR) is 85.7 cm³/mol. The minimum atomic E-state index is -0.951. The van der Waals surface area contributed by atoms with Crippen molar-refractivity contribution >= 4 is 0 Å². The van der Waals surface area contributed by atoms with Gasteiger partial charge in [0.15, 0.2) is 0 Å². The van der Waals surface area contributed by atoms with Crippen LogP contribution in [0, 0.1) is 11.3 Å². The van der Waals surface area contributed by atoms with E-state index in [0.29, 0.717) is 6.54 Å². The molecule has 1 unspecified atom stereocenters. The number of hydrogen-bond acceptors (Lipinski definition) is 4. The third-order valence-electron chi connectivity index (χ3n) is 4.80. The number of rotatable bonds is 6. The van der Waals surface area contributed by atoms with Gasteiger partial charge in [-0.2, -0.15) is 5.26 Å². The molecule has 114 valence electrons. The molecular formula is C17H26N4. The summed E-state index contributed by atoms with van der Waals surface area (Å²) < 4.78 is 0. The summed E-state index contributed by atoms with van der Waals surface area (Å²) >= 11 is 0. The maximum absolute atomic E-state index is 9.55. The Kier molecular flexibility index (Phi) is 4.67. The van der Waals surface area contributed by atoms with Crippen molar-refractivity contribution < 1.29 is 0 Å². The van der Waals surface area contributed by atoms with Crippen molar-refractivity contribution in [2.75, 3.05) is 34.2 Å². The molecule has 0 saturated heterocycles. The molecule has 1 aromatic rings. The highest BCUT2D eigenvalue weighted by molar-refractivity contribution is 5.31. The van der Waals surface area contributed by atoms with Gasteiger partial charge in [0, 0.05) is 18.6 Å². The van der Waals surface area contributed by atoms with Gasteiger partial charge < -0.3 is 15.5 Å². The van der Waals surface area contributed by atoms with Crippen LogP contribution in [-0.4, -0.2) is 49.6 Å². The van der Waals surface area contributed by atoms with Gasteiger partial charge in [0.1, 0.15) is 5.54 Å². The molecule has 4 nitrogen and oxygen atoms in total. The molecule has 2 rings (SSSR count). The fraction of sp³-hybridized carbons (Fsp3) is 0.588. The molecule has 0 amide bonds. The van der Waals surface area contributed by atoms with Crippen molar-refractivity contribution in [2.24, 2.45) is 5.73 Å². The van der Waals surface area contributed by atoms with E-state index < -0.39 is 5.54 Å². The number of likely N-dealkylation sites (N-methyl/N-ethyl adjacent to an activating group) is 2. The van der Waals surface area contributed by atoms with Gasteiger partial charge in [-0.05, 0) is 46.0 Å². The van der Waals surface area contributed by atoms with E-state index in [9.17, 15) is 5.26 Å². The van der Waals surface area contributed by atoms with Crippen LogP contribution in [0.2, 0.25) is 0 Å². The van der Waals surface area contributed by atoms with Crippen LogP contribution in [0.4, 0.5) is 0 Å². The number of nitrogens with two attached hydrogens (primary N) is 1. The van der Waals surface area contributed by atoms with Crippen LogP contribution in [0.15, 0.2) is 30.3 Å². The number of hydrogen-bond donors (Lipinski definition) is 1. The Morgan fingerprint density at radius 1 is 1.24 bits per heavy atom. The van der Waals surface area contributed by atoms with Crippen molar-refractivity contribution in [3.8, 4) is 6.07 Å². The Hall–Kier alpha value is -1.41. The predicted octanol–water partition coefficient (Wildman–Crippen LogP) is 1.78. The third-order valence-corrected chi connectivity index (χ3v) is 4.80. The van der Waals surface area contributed by atoms with E-state index in [1.807, 2.05) is 30.3 Å². The summed E-state index contributed by atoms with van der Waals surface area (Å²) in [6.45, 7) is 1.50. The number of nitriles is 1. The van der Waals surface area contributed by atoms with E-state index in [1.165, 1.54) is 19.3 Å². The lowest BCUT2D eigenvalue weighted by Gasteiger charge is -2.49. The van der Waals surface area contributed by atoms with Gasteiger partial charge in [-0.25, -0.2) is 0 Å². The zero-order valence-corrected chi connectivity index (χ0v) is 13.3. The molecule has 0 heterocycles. The molecule has 1 aliphatic rings. The number of benzene rings is 1. The average molecular weight is 286 g/mol. The molecule has 0 aromatic heterocycles. The molecule has 1 aliphatic carbocycles. The van der Waals surface area contributed by atoms with Gasteiger partial charge in [0.05, 0.1) is 6.07 Å². The second-order valence-corrected chi connectivity index (χ2v) is 6.59. The van der Waals surface area contributed by atoms with Crippen molar-refractivity contribution in [2.45, 2.75) is 30.3 Å². The Labute approximate surface area is 128 Å². The quantitative estimate of drug-likeness (QED) is 0.866. The molecule has 1 saturated carbocycles. The lowest BCUT2D eigenvalue weighted by Crippen LogP contribution is -2.58. The van der Waals surface area contributed by atoms with Crippen molar-refractivity contribution in [3.05, 3.63) is 35.9 Å². The summed E-state index contributed by atoms with van der Waals surface area (Å²) in [4.78, 5) is 4.52. The summed E-state index contributed by atoms with van der Waals surface area (Å²) in [5.41, 5.74) is 6.54. The van der Waals surface area contributed by atoms with E-state index in [4.69, 9.17) is 5.73 Å². The van der Waals surface area contributed by atoms with Gasteiger partial charge in [-0.3, -0.25) is 0 Å². The molecule has 1 fully saturated rings. The molecule has 2 N–H and O–H groups in total. The van der Waals surface area contributed by atoms with Crippen molar-refractivity contribution in [1.82, 2.24) is 9.80 Å². The maximum atomic E-state index is 9.55. The van der Waals surface area contributed by atoms with Gasteiger partial charge in [0.25, 0.3) is 0 Å². The Balaban J connectivity index is 2.07. The zero-order valence-electron chi connectivity index (χ0n) is 13.3. The highest BCUT2D eigenvalue weighted by atomic mass is 15.2. The SMILES string of the molecule is CN(CC(N)(C#N)c1ccccc1)CC1(N(C)C)CCC1. The Morgan fingerprint density at radius 2 is 1.86 bits per heavy atom. The van der Waals surface area contributed by atoms with E-state index in [-0.39, 0.29) is 5.54 Å². The summed E-state index contributed by atoms with van der Waals surface area (Å²) in [5, 5.41) is 9.55. The van der Waals surface area contributed by atoms with Crippen molar-refractivity contribution in [1.29, 1.82) is 5.26 Å². The Morgan fingerprint density at radius 3 is 2.29 bits per heavy atom. The van der Waals surface area contributed by atoms with E-state index in [1.54, 1.807) is 0 Å². The lowest BCUT2D eigenvalue weighted by atomic mass is 9.75. The standard InChI is InChI=1S/C17H26N4/c1-20(2)16(10-7-11-16)13-21(3)14-17(19,12-18)15-8-5-4-6-9-15/h4-6,8-9H,7,10-11,13-14,19H2,1-3H3. The normalized spacial score (nSPS) is 19.9. The molecule has 0 bridgehead atoms. The fourth-order valence-corrected chi connectivity index (χ4v) is 3.24. The largest absolute Gasteiger partial charge is 0.309 e. The van der Waals surface area contributed by atoms with Crippen LogP contribution < -0.4 is 5.73 Å². The lowest BCUT2D eigenvalue weighted by molar-refractivity contribution is 0.0244. The summed E-state index contributed by atoms with van der Waals surface area (Å²) in [6.07, 6.45) is 3.73. The Bertz CT molecular complexity index is 501. The van der Waals surface area contributed by atoms with Crippen LogP contribution >= 0.6 is 0 Å². The van der Waals surface area contributed by atoms with Gasteiger partial charge in [-0.15, -0.1) is 0 Å². The average Bonchev–Trinajstić information content (AvgIpc) is 2.43. The van der Waals surface area contributed by atoms with Gasteiger partial charge in [-0.1, -0.05) is 30.3 Å². The first-order valence-corrected chi connectivity index (χ1v) is 7.53. The monoisotopic (exact) mass is 286 g/mol. The highest BCUT2D eigenvalue weighted by Crippen LogP contribution is 2.37. The first kappa shape index (κ1) is 16.0. The molecule has 21 heavy (non-hydrogen) atoms. The first-order chi connectivity index (χ1) is 9.92. The molecule has 1 atom stereocenters. The smallest absolute Gasteiger partial charge is 0.142 e. The van der Waals surface area contributed by atoms with Crippen LogP contribution in [-0.2, 0) is 5.54 Å². The molecular weight excluding hydrogens is 260 g/mol. The van der Waals surface area contributed by atoms with Gasteiger partial charge >= 0.3 is 0 Å². The number of nitrogens with zero attached hydrogens (tertiary/aromatic N) is 3. The second kappa shape index (κ2) is 6.15. The molecule has 0 spiro atoms. The van der Waals surface area contributed by atoms with Crippen LogP contribution in [0.5, 0.6) is 0 Å². The fourth-order valence-electron chi connectivity index (χ4n) is 3.24. The zero-order chi connectivity index (χ0) is 15.5. The topological polar surface area (TPSA) is 56.3 Å². The third kappa shape index (κ3) is 3.26. The van der Waals surface area contributed by atoms with Gasteiger partial charge in [0.2, 0.25) is 0 Å². The van der Waals surface area contributed by atoms with Crippen LogP contribution in [0.3, 0.4) is 0 Å².